The topological polar surface area (TPSA) is 110 Å². The van der Waals surface area contributed by atoms with Crippen molar-refractivity contribution in [2.75, 3.05) is 11.4 Å². The predicted molar refractivity (Wildman–Crippen MR) is 88.1 cm³/mol. The zero-order valence-electron chi connectivity index (χ0n) is 14.4. The molecule has 0 fully saturated rings. The van der Waals surface area contributed by atoms with Gasteiger partial charge in [-0.25, -0.2) is 4.79 Å². The van der Waals surface area contributed by atoms with Crippen LogP contribution in [0.3, 0.4) is 0 Å². The molecule has 0 radical (unpaired) electrons. The fourth-order valence-electron chi connectivity index (χ4n) is 1.87. The lowest BCUT2D eigenvalue weighted by atomic mass is 9.93. The maximum Gasteiger partial charge on any atom is 0.415 e. The average molecular weight is 338 g/mol. The van der Waals surface area contributed by atoms with E-state index in [1.807, 2.05) is 0 Å². The maximum atomic E-state index is 12.5. The summed E-state index contributed by atoms with van der Waals surface area (Å²) < 4.78 is 5.29. The summed E-state index contributed by atoms with van der Waals surface area (Å²) in [5.41, 5.74) is -2.46. The molecule has 0 aliphatic rings. The first kappa shape index (κ1) is 19.4. The van der Waals surface area contributed by atoms with E-state index in [4.69, 9.17) is 4.74 Å². The van der Waals surface area contributed by atoms with Crippen molar-refractivity contribution in [1.82, 2.24) is 0 Å². The SMILES string of the molecule is CC(C)(C)OC(=O)N(CC(C)(C)C(=O)O)c1ccccc1[N+](=O)[O-]. The minimum absolute atomic E-state index is 0.00826. The number of hydrogen-bond acceptors (Lipinski definition) is 5. The zero-order chi connectivity index (χ0) is 18.7. The summed E-state index contributed by atoms with van der Waals surface area (Å²) in [5, 5.41) is 20.6. The molecule has 0 aliphatic carbocycles. The summed E-state index contributed by atoms with van der Waals surface area (Å²) in [4.78, 5) is 35.5. The number of aliphatic carboxylic acids is 1. The Morgan fingerprint density at radius 3 is 2.21 bits per heavy atom. The van der Waals surface area contributed by atoms with Crippen molar-refractivity contribution >= 4 is 23.4 Å². The highest BCUT2D eigenvalue weighted by molar-refractivity contribution is 5.92. The first-order valence-corrected chi connectivity index (χ1v) is 7.32. The molecule has 0 saturated carbocycles. The number of carbonyl (C=O) groups excluding carboxylic acids is 1. The van der Waals surface area contributed by atoms with Gasteiger partial charge >= 0.3 is 12.1 Å². The normalized spacial score (nSPS) is 11.7. The molecular weight excluding hydrogens is 316 g/mol. The number of nitro groups is 1. The van der Waals surface area contributed by atoms with E-state index in [1.54, 1.807) is 20.8 Å². The van der Waals surface area contributed by atoms with Gasteiger partial charge in [-0.05, 0) is 40.7 Å². The maximum absolute atomic E-state index is 12.5. The predicted octanol–water partition coefficient (Wildman–Crippen LogP) is 3.45. The highest BCUT2D eigenvalue weighted by Gasteiger charge is 2.36. The molecule has 0 saturated heterocycles. The summed E-state index contributed by atoms with van der Waals surface area (Å²) in [6.07, 6.45) is -0.842. The van der Waals surface area contributed by atoms with Gasteiger partial charge in [0.1, 0.15) is 11.3 Å². The van der Waals surface area contributed by atoms with Crippen molar-refractivity contribution in [3.63, 3.8) is 0 Å². The van der Waals surface area contributed by atoms with Gasteiger partial charge < -0.3 is 9.84 Å². The van der Waals surface area contributed by atoms with Crippen molar-refractivity contribution < 1.29 is 24.4 Å². The van der Waals surface area contributed by atoms with Crippen LogP contribution in [0.4, 0.5) is 16.2 Å². The van der Waals surface area contributed by atoms with Gasteiger partial charge in [0.05, 0.1) is 10.3 Å². The molecule has 0 aromatic heterocycles. The number of nitrogens with zero attached hydrogens (tertiary/aromatic N) is 2. The number of rotatable bonds is 5. The van der Waals surface area contributed by atoms with Gasteiger partial charge in [0.2, 0.25) is 0 Å². The van der Waals surface area contributed by atoms with Crippen molar-refractivity contribution in [3.8, 4) is 0 Å². The van der Waals surface area contributed by atoms with E-state index in [0.29, 0.717) is 0 Å². The number of anilines is 1. The Bertz CT molecular complexity index is 648. The van der Waals surface area contributed by atoms with Crippen LogP contribution in [0.1, 0.15) is 34.6 Å². The molecule has 1 aromatic carbocycles. The third-order valence-corrected chi connectivity index (χ3v) is 3.12. The number of amides is 1. The summed E-state index contributed by atoms with van der Waals surface area (Å²) in [7, 11) is 0. The highest BCUT2D eigenvalue weighted by atomic mass is 16.6. The van der Waals surface area contributed by atoms with Crippen molar-refractivity contribution in [2.24, 2.45) is 5.41 Å². The molecule has 0 bridgehead atoms. The van der Waals surface area contributed by atoms with Crippen LogP contribution < -0.4 is 4.90 Å². The molecule has 1 aromatic rings. The summed E-state index contributed by atoms with van der Waals surface area (Å²) in [5.74, 6) is -1.13. The van der Waals surface area contributed by atoms with E-state index in [-0.39, 0.29) is 17.9 Å². The number of hydrogen-bond donors (Lipinski definition) is 1. The van der Waals surface area contributed by atoms with Crippen molar-refractivity contribution in [1.29, 1.82) is 0 Å². The molecule has 1 amide bonds. The molecular formula is C16H22N2O6. The van der Waals surface area contributed by atoms with E-state index in [2.05, 4.69) is 0 Å². The van der Waals surface area contributed by atoms with Crippen LogP contribution in [0, 0.1) is 15.5 Å². The number of carbonyl (C=O) groups is 2. The van der Waals surface area contributed by atoms with Crippen molar-refractivity contribution in [2.45, 2.75) is 40.2 Å². The minimum atomic E-state index is -1.32. The first-order chi connectivity index (χ1) is 10.8. The molecule has 24 heavy (non-hydrogen) atoms. The fourth-order valence-corrected chi connectivity index (χ4v) is 1.87. The molecule has 8 heteroatoms. The Hall–Kier alpha value is -2.64. The Balaban J connectivity index is 3.36. The largest absolute Gasteiger partial charge is 0.481 e. The second kappa shape index (κ2) is 6.86. The van der Waals surface area contributed by atoms with Gasteiger partial charge in [0, 0.05) is 12.6 Å². The van der Waals surface area contributed by atoms with E-state index in [1.165, 1.54) is 38.1 Å². The molecule has 1 rings (SSSR count). The minimum Gasteiger partial charge on any atom is -0.481 e. The van der Waals surface area contributed by atoms with Crippen LogP contribution in [0.15, 0.2) is 24.3 Å². The van der Waals surface area contributed by atoms with E-state index >= 15 is 0 Å². The van der Waals surface area contributed by atoms with Gasteiger partial charge in [0.25, 0.3) is 5.69 Å². The lowest BCUT2D eigenvalue weighted by molar-refractivity contribution is -0.384. The van der Waals surface area contributed by atoms with Gasteiger partial charge in [-0.3, -0.25) is 19.8 Å². The quantitative estimate of drug-likeness (QED) is 0.650. The summed E-state index contributed by atoms with van der Waals surface area (Å²) in [6, 6.07) is 5.64. The van der Waals surface area contributed by atoms with E-state index in [9.17, 15) is 24.8 Å². The van der Waals surface area contributed by atoms with Crippen molar-refractivity contribution in [3.05, 3.63) is 34.4 Å². The Morgan fingerprint density at radius 1 is 1.21 bits per heavy atom. The average Bonchev–Trinajstić information content (AvgIpc) is 2.42. The number of carboxylic acids is 1. The fraction of sp³-hybridized carbons (Fsp3) is 0.500. The summed E-state index contributed by atoms with van der Waals surface area (Å²) >= 11 is 0. The van der Waals surface area contributed by atoms with Gasteiger partial charge in [-0.1, -0.05) is 12.1 Å². The molecule has 0 atom stereocenters. The van der Waals surface area contributed by atoms with Crippen LogP contribution in [-0.2, 0) is 9.53 Å². The molecule has 0 aliphatic heterocycles. The molecule has 1 N–H and O–H groups in total. The van der Waals surface area contributed by atoms with Crippen LogP contribution in [0.2, 0.25) is 0 Å². The molecule has 0 spiro atoms. The lowest BCUT2D eigenvalue weighted by Crippen LogP contribution is -2.45. The Morgan fingerprint density at radius 2 is 1.75 bits per heavy atom. The Kier molecular flexibility index (Phi) is 5.54. The monoisotopic (exact) mass is 338 g/mol. The standard InChI is InChI=1S/C16H22N2O6/c1-15(2,3)24-14(21)17(10-16(4,5)13(19)20)11-8-6-7-9-12(11)18(22)23/h6-9H,10H2,1-5H3,(H,19,20). The number of nitro benzene ring substituents is 1. The van der Waals surface area contributed by atoms with E-state index in [0.717, 1.165) is 4.90 Å². The van der Waals surface area contributed by atoms with Crippen LogP contribution in [0.25, 0.3) is 0 Å². The molecule has 132 valence electrons. The van der Waals surface area contributed by atoms with Crippen LogP contribution in [0.5, 0.6) is 0 Å². The third-order valence-electron chi connectivity index (χ3n) is 3.12. The van der Waals surface area contributed by atoms with E-state index < -0.39 is 28.0 Å². The van der Waals surface area contributed by atoms with Gasteiger partial charge in [-0.2, -0.15) is 0 Å². The second-order valence-electron chi connectivity index (χ2n) is 7.00. The molecule has 8 nitrogen and oxygen atoms in total. The zero-order valence-corrected chi connectivity index (χ0v) is 14.4. The number of para-hydroxylation sites is 2. The smallest absolute Gasteiger partial charge is 0.415 e. The van der Waals surface area contributed by atoms with Crippen LogP contribution >= 0.6 is 0 Å². The number of carboxylic acid groups (broad SMARTS) is 1. The number of ether oxygens (including phenoxy) is 1. The van der Waals surface area contributed by atoms with Crippen LogP contribution in [-0.4, -0.2) is 34.2 Å². The number of benzene rings is 1. The first-order valence-electron chi connectivity index (χ1n) is 7.32. The van der Waals surface area contributed by atoms with Gasteiger partial charge in [0.15, 0.2) is 0 Å². The summed E-state index contributed by atoms with van der Waals surface area (Å²) in [6.45, 7) is 7.56. The highest BCUT2D eigenvalue weighted by Crippen LogP contribution is 2.32. The lowest BCUT2D eigenvalue weighted by Gasteiger charge is -2.31. The van der Waals surface area contributed by atoms with Gasteiger partial charge in [-0.15, -0.1) is 0 Å². The second-order valence-corrected chi connectivity index (χ2v) is 7.00. The molecule has 0 unspecified atom stereocenters. The third kappa shape index (κ3) is 4.94. The molecule has 0 heterocycles. The Labute approximate surface area is 140 Å².